The van der Waals surface area contributed by atoms with Crippen LogP contribution in [-0.2, 0) is 0 Å². The van der Waals surface area contributed by atoms with E-state index < -0.39 is 11.9 Å². The van der Waals surface area contributed by atoms with Crippen molar-refractivity contribution in [2.45, 2.75) is 0 Å². The van der Waals surface area contributed by atoms with Crippen LogP contribution in [0, 0.1) is 0 Å². The number of rotatable bonds is 8. The molecule has 0 aromatic heterocycles. The molecule has 0 spiro atoms. The molecule has 0 bridgehead atoms. The number of aromatic carboxylic acids is 1. The minimum absolute atomic E-state index is 0.0279. The van der Waals surface area contributed by atoms with E-state index in [0.717, 1.165) is 16.5 Å². The van der Waals surface area contributed by atoms with Crippen LogP contribution in [0.2, 0.25) is 0 Å². The number of para-hydroxylation sites is 1. The second-order valence-electron chi connectivity index (χ2n) is 7.24. The first-order valence-corrected chi connectivity index (χ1v) is 10.3. The third-order valence-electron chi connectivity index (χ3n) is 4.93. The van der Waals surface area contributed by atoms with Crippen molar-refractivity contribution in [3.8, 4) is 17.2 Å². The summed E-state index contributed by atoms with van der Waals surface area (Å²) in [5.41, 5.74) is 6.12. The van der Waals surface area contributed by atoms with Crippen LogP contribution in [0.3, 0.4) is 0 Å². The Kier molecular flexibility index (Phi) is 6.52. The predicted molar refractivity (Wildman–Crippen MR) is 126 cm³/mol. The Labute approximate surface area is 190 Å². The molecule has 4 aromatic rings. The molecule has 1 amide bonds. The Hall–Kier alpha value is -4.36. The van der Waals surface area contributed by atoms with Gasteiger partial charge in [-0.1, -0.05) is 24.3 Å². The first-order valence-electron chi connectivity index (χ1n) is 10.3. The van der Waals surface area contributed by atoms with E-state index in [1.165, 1.54) is 6.07 Å². The van der Waals surface area contributed by atoms with Gasteiger partial charge in [0.25, 0.3) is 5.91 Å². The summed E-state index contributed by atoms with van der Waals surface area (Å²) < 4.78 is 11.5. The molecule has 0 atom stereocenters. The number of fused-ring (bicyclic) bond motifs is 1. The number of benzene rings is 4. The fourth-order valence-corrected chi connectivity index (χ4v) is 3.32. The number of hydrogen-bond acceptors (Lipinski definition) is 5. The second-order valence-corrected chi connectivity index (χ2v) is 7.24. The fourth-order valence-electron chi connectivity index (χ4n) is 3.32. The number of carboxylic acids is 1. The standard InChI is InChI=1S/C26H22N2O5/c27-13-14-32-21-11-7-19-16-22(12-8-18(19)15-21)33-20-9-5-17(6-10-20)25(29)28-24-4-2-1-3-23(24)26(30)31/h1-12,15-16H,13-14,27H2,(H,28,29)(H,30,31). The van der Waals surface area contributed by atoms with Crippen LogP contribution < -0.4 is 20.5 Å². The number of hydrogen-bond donors (Lipinski definition) is 3. The third kappa shape index (κ3) is 5.28. The van der Waals surface area contributed by atoms with E-state index in [2.05, 4.69) is 5.32 Å². The van der Waals surface area contributed by atoms with Crippen LogP contribution in [-0.4, -0.2) is 30.1 Å². The van der Waals surface area contributed by atoms with Gasteiger partial charge in [0.1, 0.15) is 23.9 Å². The SMILES string of the molecule is NCCOc1ccc2cc(Oc3ccc(C(=O)Nc4ccccc4C(=O)O)cc3)ccc2c1. The van der Waals surface area contributed by atoms with Crippen LogP contribution in [0.25, 0.3) is 10.8 Å². The molecule has 0 fully saturated rings. The fraction of sp³-hybridized carbons (Fsp3) is 0.0769. The summed E-state index contributed by atoms with van der Waals surface area (Å²) in [4.78, 5) is 23.9. The minimum atomic E-state index is -1.11. The molecule has 0 heterocycles. The highest BCUT2D eigenvalue weighted by Gasteiger charge is 2.13. The van der Waals surface area contributed by atoms with E-state index in [1.807, 2.05) is 36.4 Å². The van der Waals surface area contributed by atoms with E-state index in [-0.39, 0.29) is 11.3 Å². The molecule has 0 aliphatic carbocycles. The highest BCUT2D eigenvalue weighted by Crippen LogP contribution is 2.28. The highest BCUT2D eigenvalue weighted by atomic mass is 16.5. The van der Waals surface area contributed by atoms with Crippen LogP contribution in [0.15, 0.2) is 84.9 Å². The molecule has 4 N–H and O–H groups in total. The van der Waals surface area contributed by atoms with Crippen molar-refractivity contribution in [1.82, 2.24) is 0 Å². The van der Waals surface area contributed by atoms with Gasteiger partial charge in [-0.2, -0.15) is 0 Å². The molecular formula is C26H22N2O5. The summed E-state index contributed by atoms with van der Waals surface area (Å²) in [7, 11) is 0. The van der Waals surface area contributed by atoms with Crippen molar-refractivity contribution >= 4 is 28.3 Å². The van der Waals surface area contributed by atoms with Crippen molar-refractivity contribution in [3.05, 3.63) is 96.1 Å². The van der Waals surface area contributed by atoms with Gasteiger partial charge in [0.15, 0.2) is 0 Å². The van der Waals surface area contributed by atoms with Crippen molar-refractivity contribution in [2.75, 3.05) is 18.5 Å². The topological polar surface area (TPSA) is 111 Å². The van der Waals surface area contributed by atoms with Crippen LogP contribution in [0.1, 0.15) is 20.7 Å². The number of amides is 1. The molecular weight excluding hydrogens is 420 g/mol. The number of carbonyl (C=O) groups excluding carboxylic acids is 1. The Morgan fingerprint density at radius 1 is 0.818 bits per heavy atom. The van der Waals surface area contributed by atoms with E-state index >= 15 is 0 Å². The highest BCUT2D eigenvalue weighted by molar-refractivity contribution is 6.07. The van der Waals surface area contributed by atoms with Crippen molar-refractivity contribution in [1.29, 1.82) is 0 Å². The van der Waals surface area contributed by atoms with Crippen molar-refractivity contribution < 1.29 is 24.2 Å². The number of anilines is 1. The molecule has 0 unspecified atom stereocenters. The van der Waals surface area contributed by atoms with Gasteiger partial charge in [0, 0.05) is 12.1 Å². The summed E-state index contributed by atoms with van der Waals surface area (Å²) in [6, 6.07) is 24.4. The van der Waals surface area contributed by atoms with E-state index in [4.69, 9.17) is 15.2 Å². The Morgan fingerprint density at radius 3 is 2.15 bits per heavy atom. The van der Waals surface area contributed by atoms with Gasteiger partial charge >= 0.3 is 5.97 Å². The summed E-state index contributed by atoms with van der Waals surface area (Å²) >= 11 is 0. The first kappa shape index (κ1) is 21.9. The van der Waals surface area contributed by atoms with E-state index in [1.54, 1.807) is 42.5 Å². The van der Waals surface area contributed by atoms with Gasteiger partial charge < -0.3 is 25.6 Å². The monoisotopic (exact) mass is 442 g/mol. The zero-order chi connectivity index (χ0) is 23.2. The largest absolute Gasteiger partial charge is 0.492 e. The zero-order valence-corrected chi connectivity index (χ0v) is 17.7. The van der Waals surface area contributed by atoms with Gasteiger partial charge in [-0.05, 0) is 71.4 Å². The van der Waals surface area contributed by atoms with Crippen molar-refractivity contribution in [2.24, 2.45) is 5.73 Å². The number of carbonyl (C=O) groups is 2. The average molecular weight is 442 g/mol. The van der Waals surface area contributed by atoms with Gasteiger partial charge in [0.2, 0.25) is 0 Å². The van der Waals surface area contributed by atoms with Crippen LogP contribution >= 0.6 is 0 Å². The number of carboxylic acid groups (broad SMARTS) is 1. The number of nitrogens with one attached hydrogen (secondary N) is 1. The van der Waals surface area contributed by atoms with Gasteiger partial charge in [-0.15, -0.1) is 0 Å². The maximum Gasteiger partial charge on any atom is 0.337 e. The molecule has 0 radical (unpaired) electrons. The van der Waals surface area contributed by atoms with E-state index in [9.17, 15) is 14.7 Å². The van der Waals surface area contributed by atoms with Gasteiger partial charge in [-0.3, -0.25) is 4.79 Å². The normalized spacial score (nSPS) is 10.6. The smallest absolute Gasteiger partial charge is 0.337 e. The summed E-state index contributed by atoms with van der Waals surface area (Å²) in [6.45, 7) is 0.924. The third-order valence-corrected chi connectivity index (χ3v) is 4.93. The first-order chi connectivity index (χ1) is 16.0. The molecule has 33 heavy (non-hydrogen) atoms. The average Bonchev–Trinajstić information content (AvgIpc) is 2.83. The maximum atomic E-state index is 12.5. The second kappa shape index (κ2) is 9.84. The van der Waals surface area contributed by atoms with Crippen LogP contribution in [0.4, 0.5) is 5.69 Å². The summed E-state index contributed by atoms with van der Waals surface area (Å²) in [5.74, 6) is 0.477. The zero-order valence-electron chi connectivity index (χ0n) is 17.7. The lowest BCUT2D eigenvalue weighted by Crippen LogP contribution is -2.14. The van der Waals surface area contributed by atoms with Gasteiger partial charge in [0.05, 0.1) is 11.3 Å². The Balaban J connectivity index is 1.44. The lowest BCUT2D eigenvalue weighted by Gasteiger charge is -2.10. The molecule has 0 saturated carbocycles. The maximum absolute atomic E-state index is 12.5. The molecule has 4 aromatic carbocycles. The lowest BCUT2D eigenvalue weighted by atomic mass is 10.1. The number of ether oxygens (including phenoxy) is 2. The molecule has 166 valence electrons. The molecule has 4 rings (SSSR count). The quantitative estimate of drug-likeness (QED) is 0.357. The Morgan fingerprint density at radius 2 is 1.45 bits per heavy atom. The number of nitrogens with two attached hydrogens (primary N) is 1. The van der Waals surface area contributed by atoms with E-state index in [0.29, 0.717) is 30.2 Å². The molecule has 7 heteroatoms. The summed E-state index contributed by atoms with van der Waals surface area (Å²) in [6.07, 6.45) is 0. The molecule has 0 saturated heterocycles. The van der Waals surface area contributed by atoms with Crippen LogP contribution in [0.5, 0.6) is 17.2 Å². The minimum Gasteiger partial charge on any atom is -0.492 e. The summed E-state index contributed by atoms with van der Waals surface area (Å²) in [5, 5.41) is 13.9. The lowest BCUT2D eigenvalue weighted by molar-refractivity contribution is 0.0698. The molecule has 0 aliphatic rings. The van der Waals surface area contributed by atoms with Crippen molar-refractivity contribution in [3.63, 3.8) is 0 Å². The predicted octanol–water partition coefficient (Wildman–Crippen LogP) is 4.92. The van der Waals surface area contributed by atoms with Gasteiger partial charge in [-0.25, -0.2) is 4.79 Å². The molecule has 7 nitrogen and oxygen atoms in total. The Bertz CT molecular complexity index is 1300. The molecule has 0 aliphatic heterocycles.